The molecule has 1 saturated heterocycles. The Morgan fingerprint density at radius 3 is 2.71 bits per heavy atom. The zero-order chi connectivity index (χ0) is 19.7. The summed E-state index contributed by atoms with van der Waals surface area (Å²) < 4.78 is 2.19. The van der Waals surface area contributed by atoms with Crippen LogP contribution in [0.4, 0.5) is 0 Å². The maximum absolute atomic E-state index is 12.7. The summed E-state index contributed by atoms with van der Waals surface area (Å²) in [5, 5.41) is 5.54. The van der Waals surface area contributed by atoms with Gasteiger partial charge in [0.1, 0.15) is 6.04 Å². The fraction of sp³-hybridized carbons (Fsp3) is 0.409. The molecular formula is C22H25N3O3. The average molecular weight is 379 g/mol. The summed E-state index contributed by atoms with van der Waals surface area (Å²) in [5.41, 5.74) is 4.71. The zero-order valence-corrected chi connectivity index (χ0v) is 16.1. The van der Waals surface area contributed by atoms with Crippen LogP contribution in [0.5, 0.6) is 0 Å². The van der Waals surface area contributed by atoms with Crippen LogP contribution in [0.2, 0.25) is 0 Å². The van der Waals surface area contributed by atoms with E-state index in [4.69, 9.17) is 0 Å². The van der Waals surface area contributed by atoms with Crippen molar-refractivity contribution in [3.63, 3.8) is 0 Å². The molecule has 1 unspecified atom stereocenters. The Morgan fingerprint density at radius 2 is 2.00 bits per heavy atom. The van der Waals surface area contributed by atoms with Gasteiger partial charge in [0, 0.05) is 36.5 Å². The summed E-state index contributed by atoms with van der Waals surface area (Å²) >= 11 is 0. The molecule has 1 aromatic carbocycles. The van der Waals surface area contributed by atoms with Crippen molar-refractivity contribution >= 4 is 17.6 Å². The fourth-order valence-corrected chi connectivity index (χ4v) is 4.32. The van der Waals surface area contributed by atoms with Gasteiger partial charge in [-0.2, -0.15) is 0 Å². The number of aromatic nitrogens is 1. The van der Waals surface area contributed by atoms with Crippen molar-refractivity contribution in [2.75, 3.05) is 6.54 Å². The van der Waals surface area contributed by atoms with E-state index < -0.39 is 6.04 Å². The van der Waals surface area contributed by atoms with Gasteiger partial charge in [0.2, 0.25) is 11.8 Å². The number of Topliss-reactive ketones (excluding diaryl/α,β-unsaturated/α-hetero) is 1. The van der Waals surface area contributed by atoms with Crippen molar-refractivity contribution in [1.29, 1.82) is 0 Å². The predicted octanol–water partition coefficient (Wildman–Crippen LogP) is 1.91. The first kappa shape index (κ1) is 18.5. The van der Waals surface area contributed by atoms with Crippen LogP contribution in [-0.4, -0.2) is 34.8 Å². The molecule has 1 aliphatic carbocycles. The number of rotatable bonds is 5. The molecule has 2 N–H and O–H groups in total. The van der Waals surface area contributed by atoms with Crippen molar-refractivity contribution in [2.24, 2.45) is 0 Å². The first-order chi connectivity index (χ1) is 13.5. The van der Waals surface area contributed by atoms with Crippen LogP contribution < -0.4 is 10.6 Å². The SMILES string of the molecule is Cc1c(CC(=O)NC2CCNC2=O)c2c(n1Cc1ccccc1)CCCC2=O. The van der Waals surface area contributed by atoms with Gasteiger partial charge < -0.3 is 15.2 Å². The molecule has 0 bridgehead atoms. The van der Waals surface area contributed by atoms with Gasteiger partial charge in [-0.15, -0.1) is 0 Å². The van der Waals surface area contributed by atoms with Crippen molar-refractivity contribution in [3.05, 3.63) is 58.4 Å². The van der Waals surface area contributed by atoms with Gasteiger partial charge in [-0.1, -0.05) is 30.3 Å². The van der Waals surface area contributed by atoms with Gasteiger partial charge in [-0.25, -0.2) is 0 Å². The molecule has 146 valence electrons. The second kappa shape index (κ2) is 7.62. The largest absolute Gasteiger partial charge is 0.354 e. The summed E-state index contributed by atoms with van der Waals surface area (Å²) in [4.78, 5) is 37.0. The molecule has 4 rings (SSSR count). The molecule has 2 aromatic rings. The standard InChI is InChI=1S/C22H25N3O3/c1-14-16(12-20(27)24-17-10-11-23-22(17)28)21-18(8-5-9-19(21)26)25(14)13-15-6-3-2-4-7-15/h2-4,6-7,17H,5,8-13H2,1H3,(H,23,28)(H,24,27). The lowest BCUT2D eigenvalue weighted by Crippen LogP contribution is -2.41. The van der Waals surface area contributed by atoms with Crippen molar-refractivity contribution in [1.82, 2.24) is 15.2 Å². The summed E-state index contributed by atoms with van der Waals surface area (Å²) in [5.74, 6) is -0.217. The van der Waals surface area contributed by atoms with Gasteiger partial charge in [0.25, 0.3) is 0 Å². The second-order valence-electron chi connectivity index (χ2n) is 7.61. The van der Waals surface area contributed by atoms with Crippen molar-refractivity contribution in [3.8, 4) is 0 Å². The first-order valence-corrected chi connectivity index (χ1v) is 9.89. The molecule has 2 aliphatic rings. The van der Waals surface area contributed by atoms with E-state index in [9.17, 15) is 14.4 Å². The predicted molar refractivity (Wildman–Crippen MR) is 105 cm³/mol. The maximum atomic E-state index is 12.7. The van der Waals surface area contributed by atoms with Crippen LogP contribution in [0.15, 0.2) is 30.3 Å². The average Bonchev–Trinajstić information content (AvgIpc) is 3.20. The minimum atomic E-state index is -0.467. The summed E-state index contributed by atoms with van der Waals surface area (Å²) in [6.45, 7) is 3.26. The quantitative estimate of drug-likeness (QED) is 0.833. The minimum absolute atomic E-state index is 0.123. The first-order valence-electron chi connectivity index (χ1n) is 9.89. The number of carbonyl (C=O) groups is 3. The van der Waals surface area contributed by atoms with Crippen LogP contribution in [-0.2, 0) is 29.0 Å². The van der Waals surface area contributed by atoms with Gasteiger partial charge in [0.15, 0.2) is 5.78 Å². The van der Waals surface area contributed by atoms with Crippen LogP contribution >= 0.6 is 0 Å². The van der Waals surface area contributed by atoms with Crippen LogP contribution in [0, 0.1) is 6.92 Å². The van der Waals surface area contributed by atoms with E-state index >= 15 is 0 Å². The number of hydrogen-bond acceptors (Lipinski definition) is 3. The number of fused-ring (bicyclic) bond motifs is 1. The third-order valence-corrected chi connectivity index (χ3v) is 5.76. The summed E-state index contributed by atoms with van der Waals surface area (Å²) in [6, 6.07) is 9.67. The van der Waals surface area contributed by atoms with Gasteiger partial charge in [-0.05, 0) is 37.3 Å². The molecule has 0 spiro atoms. The smallest absolute Gasteiger partial charge is 0.242 e. The highest BCUT2D eigenvalue weighted by Gasteiger charge is 2.30. The van der Waals surface area contributed by atoms with Crippen LogP contribution in [0.1, 0.15) is 52.1 Å². The molecule has 2 amide bonds. The number of ketones is 1. The number of amides is 2. The Labute approximate surface area is 164 Å². The van der Waals surface area contributed by atoms with E-state index in [1.165, 1.54) is 5.56 Å². The molecule has 6 heteroatoms. The van der Waals surface area contributed by atoms with E-state index in [0.29, 0.717) is 25.9 Å². The van der Waals surface area contributed by atoms with Gasteiger partial charge >= 0.3 is 0 Å². The Morgan fingerprint density at radius 1 is 1.21 bits per heavy atom. The lowest BCUT2D eigenvalue weighted by Gasteiger charge is -2.16. The Kier molecular flexibility index (Phi) is 5.03. The molecule has 2 heterocycles. The Hall–Kier alpha value is -2.89. The van der Waals surface area contributed by atoms with Crippen molar-refractivity contribution < 1.29 is 14.4 Å². The molecule has 28 heavy (non-hydrogen) atoms. The molecule has 6 nitrogen and oxygen atoms in total. The summed E-state index contributed by atoms with van der Waals surface area (Å²) in [7, 11) is 0. The van der Waals surface area contributed by atoms with Crippen LogP contribution in [0.3, 0.4) is 0 Å². The fourth-order valence-electron chi connectivity index (χ4n) is 4.32. The monoisotopic (exact) mass is 379 g/mol. The molecule has 1 aliphatic heterocycles. The number of hydrogen-bond donors (Lipinski definition) is 2. The van der Waals surface area contributed by atoms with Crippen LogP contribution in [0.25, 0.3) is 0 Å². The topological polar surface area (TPSA) is 80.2 Å². The Bertz CT molecular complexity index is 930. The number of benzene rings is 1. The number of nitrogens with one attached hydrogen (secondary N) is 2. The van der Waals surface area contributed by atoms with E-state index in [-0.39, 0.29) is 24.0 Å². The van der Waals surface area contributed by atoms with E-state index in [1.807, 2.05) is 25.1 Å². The third kappa shape index (κ3) is 3.46. The lowest BCUT2D eigenvalue weighted by atomic mass is 9.92. The molecule has 1 fully saturated rings. The van der Waals surface area contributed by atoms with Crippen molar-refractivity contribution in [2.45, 2.75) is 51.6 Å². The normalized spacial score (nSPS) is 18.7. The second-order valence-corrected chi connectivity index (χ2v) is 7.61. The highest BCUT2D eigenvalue weighted by Crippen LogP contribution is 2.31. The van der Waals surface area contributed by atoms with Gasteiger partial charge in [-0.3, -0.25) is 14.4 Å². The molecular weight excluding hydrogens is 354 g/mol. The zero-order valence-electron chi connectivity index (χ0n) is 16.1. The molecule has 1 atom stereocenters. The van der Waals surface area contributed by atoms with E-state index in [0.717, 1.165) is 35.4 Å². The van der Waals surface area contributed by atoms with E-state index in [1.54, 1.807) is 0 Å². The minimum Gasteiger partial charge on any atom is -0.354 e. The number of carbonyl (C=O) groups excluding carboxylic acids is 3. The lowest BCUT2D eigenvalue weighted by molar-refractivity contribution is -0.127. The number of nitrogens with zero attached hydrogens (tertiary/aromatic N) is 1. The highest BCUT2D eigenvalue weighted by atomic mass is 16.2. The summed E-state index contributed by atoms with van der Waals surface area (Å²) in [6.07, 6.45) is 2.96. The highest BCUT2D eigenvalue weighted by molar-refractivity contribution is 6.01. The molecule has 0 radical (unpaired) electrons. The van der Waals surface area contributed by atoms with Gasteiger partial charge in [0.05, 0.1) is 6.42 Å². The maximum Gasteiger partial charge on any atom is 0.242 e. The van der Waals surface area contributed by atoms with E-state index in [2.05, 4.69) is 27.3 Å². The molecule has 1 aromatic heterocycles. The molecule has 0 saturated carbocycles. The Balaban J connectivity index is 1.63. The third-order valence-electron chi connectivity index (χ3n) is 5.76.